The summed E-state index contributed by atoms with van der Waals surface area (Å²) in [6.45, 7) is 3.60. The van der Waals surface area contributed by atoms with E-state index >= 15 is 0 Å². The van der Waals surface area contributed by atoms with E-state index in [1.165, 1.54) is 39.0 Å². The van der Waals surface area contributed by atoms with Crippen molar-refractivity contribution in [3.8, 4) is 22.8 Å². The molecule has 1 unspecified atom stereocenters. The predicted octanol–water partition coefficient (Wildman–Crippen LogP) is 2.97. The maximum atomic E-state index is 12.8. The van der Waals surface area contributed by atoms with Crippen LogP contribution >= 0.6 is 0 Å². The van der Waals surface area contributed by atoms with Crippen molar-refractivity contribution in [1.82, 2.24) is 30.8 Å². The number of rotatable bonds is 10. The summed E-state index contributed by atoms with van der Waals surface area (Å²) in [5.41, 5.74) is 1.26. The van der Waals surface area contributed by atoms with Crippen molar-refractivity contribution in [2.24, 2.45) is 17.8 Å². The van der Waals surface area contributed by atoms with Crippen LogP contribution in [0.1, 0.15) is 60.7 Å². The Labute approximate surface area is 213 Å². The van der Waals surface area contributed by atoms with Gasteiger partial charge in [0.25, 0.3) is 11.8 Å². The number of methoxy groups -OCH3 is 1. The summed E-state index contributed by atoms with van der Waals surface area (Å²) in [6, 6.07) is 6.55. The first-order chi connectivity index (χ1) is 17.8. The van der Waals surface area contributed by atoms with E-state index in [2.05, 4.69) is 30.8 Å². The number of esters is 1. The van der Waals surface area contributed by atoms with Gasteiger partial charge < -0.3 is 19.8 Å². The van der Waals surface area contributed by atoms with Gasteiger partial charge in [-0.15, -0.1) is 0 Å². The second-order valence-corrected chi connectivity index (χ2v) is 10.0. The third-order valence-electron chi connectivity index (χ3n) is 6.76. The highest BCUT2D eigenvalue weighted by molar-refractivity contribution is 5.94. The first kappa shape index (κ1) is 24.7. The van der Waals surface area contributed by atoms with Crippen LogP contribution in [0.3, 0.4) is 0 Å². The molecule has 0 spiro atoms. The standard InChI is InChI=1S/C26H30N6O5/c1-13(2)19(26(35)36-3)28-23(33)18-12-27-25(37-18)17-6-4-5-16(11-17)21-30-22(32-31-21)24(34)29-20(14-7-8-14)15-9-10-15/h4-6,11-15,19-20H,7-10H2,1-3H3,(H,28,33)(H,29,34)(H,30,31,32). The zero-order chi connectivity index (χ0) is 26.1. The molecule has 3 N–H and O–H groups in total. The first-order valence-electron chi connectivity index (χ1n) is 12.5. The molecule has 2 saturated carbocycles. The highest BCUT2D eigenvalue weighted by Crippen LogP contribution is 2.44. The largest absolute Gasteiger partial charge is 0.467 e. The summed E-state index contributed by atoms with van der Waals surface area (Å²) in [6.07, 6.45) is 5.98. The Morgan fingerprint density at radius 3 is 2.41 bits per heavy atom. The lowest BCUT2D eigenvalue weighted by Gasteiger charge is -2.18. The van der Waals surface area contributed by atoms with Crippen molar-refractivity contribution in [3.63, 3.8) is 0 Å². The number of H-pyrrole nitrogens is 1. The molecule has 3 aromatic rings. The Hall–Kier alpha value is -4.02. The van der Waals surface area contributed by atoms with Gasteiger partial charge in [0.05, 0.1) is 13.3 Å². The number of nitrogens with one attached hydrogen (secondary N) is 3. The summed E-state index contributed by atoms with van der Waals surface area (Å²) < 4.78 is 10.4. The van der Waals surface area contributed by atoms with E-state index in [0.717, 1.165) is 0 Å². The maximum absolute atomic E-state index is 12.8. The number of oxazole rings is 1. The number of amides is 2. The molecule has 0 saturated heterocycles. The minimum atomic E-state index is -0.810. The van der Waals surface area contributed by atoms with Gasteiger partial charge in [-0.25, -0.2) is 14.8 Å². The Morgan fingerprint density at radius 2 is 1.76 bits per heavy atom. The Morgan fingerprint density at radius 1 is 1.05 bits per heavy atom. The molecule has 11 heteroatoms. The van der Waals surface area contributed by atoms with Gasteiger partial charge in [0.1, 0.15) is 6.04 Å². The second kappa shape index (κ2) is 10.2. The van der Waals surface area contributed by atoms with Crippen LogP contribution in [0.25, 0.3) is 22.8 Å². The second-order valence-electron chi connectivity index (χ2n) is 10.0. The number of benzene rings is 1. The molecule has 2 aliphatic carbocycles. The van der Waals surface area contributed by atoms with Crippen LogP contribution in [0, 0.1) is 17.8 Å². The van der Waals surface area contributed by atoms with Crippen LogP contribution < -0.4 is 10.6 Å². The van der Waals surface area contributed by atoms with Crippen molar-refractivity contribution < 1.29 is 23.5 Å². The lowest BCUT2D eigenvalue weighted by Crippen LogP contribution is -2.44. The smallest absolute Gasteiger partial charge is 0.328 e. The minimum absolute atomic E-state index is 0.0345. The molecule has 2 amide bonds. The number of carbonyl (C=O) groups is 3. The number of ether oxygens (including phenoxy) is 1. The van der Waals surface area contributed by atoms with Gasteiger partial charge in [-0.2, -0.15) is 5.10 Å². The van der Waals surface area contributed by atoms with Gasteiger partial charge in [-0.1, -0.05) is 26.0 Å². The lowest BCUT2D eigenvalue weighted by molar-refractivity contribution is -0.144. The van der Waals surface area contributed by atoms with Gasteiger partial charge in [0, 0.05) is 17.2 Å². The molecule has 194 valence electrons. The predicted molar refractivity (Wildman–Crippen MR) is 132 cm³/mol. The van der Waals surface area contributed by atoms with Crippen molar-refractivity contribution in [2.75, 3.05) is 7.11 Å². The van der Waals surface area contributed by atoms with Crippen molar-refractivity contribution in [2.45, 2.75) is 51.6 Å². The van der Waals surface area contributed by atoms with Crippen LogP contribution in [0.2, 0.25) is 0 Å². The van der Waals surface area contributed by atoms with Gasteiger partial charge >= 0.3 is 5.97 Å². The summed E-state index contributed by atoms with van der Waals surface area (Å²) in [7, 11) is 1.27. The Bertz CT molecular complexity index is 1290. The minimum Gasteiger partial charge on any atom is -0.467 e. The monoisotopic (exact) mass is 506 g/mol. The van der Waals surface area contributed by atoms with Crippen molar-refractivity contribution in [1.29, 1.82) is 0 Å². The number of hydrogen-bond donors (Lipinski definition) is 3. The van der Waals surface area contributed by atoms with Crippen molar-refractivity contribution >= 4 is 17.8 Å². The molecule has 1 atom stereocenters. The average molecular weight is 507 g/mol. The maximum Gasteiger partial charge on any atom is 0.328 e. The fourth-order valence-electron chi connectivity index (χ4n) is 4.38. The number of carbonyl (C=O) groups excluding carboxylic acids is 3. The summed E-state index contributed by atoms with van der Waals surface area (Å²) in [5.74, 6) is 0.371. The van der Waals surface area contributed by atoms with Gasteiger partial charge in [-0.3, -0.25) is 14.7 Å². The molecule has 37 heavy (non-hydrogen) atoms. The number of aromatic amines is 1. The molecule has 1 aromatic carbocycles. The molecule has 2 heterocycles. The van der Waals surface area contributed by atoms with Crippen LogP contribution in [0.15, 0.2) is 34.9 Å². The molecule has 2 aliphatic rings. The summed E-state index contributed by atoms with van der Waals surface area (Å²) in [5, 5.41) is 12.7. The first-order valence-corrected chi connectivity index (χ1v) is 12.5. The van der Waals surface area contributed by atoms with Gasteiger partial charge in [0.2, 0.25) is 17.5 Å². The van der Waals surface area contributed by atoms with E-state index in [1.807, 2.05) is 6.07 Å². The lowest BCUT2D eigenvalue weighted by atomic mass is 10.0. The number of aromatic nitrogens is 4. The molecular weight excluding hydrogens is 476 g/mol. The van der Waals surface area contributed by atoms with Crippen LogP contribution in [0.5, 0.6) is 0 Å². The fourth-order valence-corrected chi connectivity index (χ4v) is 4.38. The quantitative estimate of drug-likeness (QED) is 0.355. The molecule has 0 aliphatic heterocycles. The Balaban J connectivity index is 1.28. The molecular formula is C26H30N6O5. The van der Waals surface area contributed by atoms with E-state index < -0.39 is 17.9 Å². The Kier molecular flexibility index (Phi) is 6.77. The molecule has 0 bridgehead atoms. The molecule has 2 fully saturated rings. The highest BCUT2D eigenvalue weighted by Gasteiger charge is 2.42. The van der Waals surface area contributed by atoms with E-state index in [-0.39, 0.29) is 35.3 Å². The molecule has 11 nitrogen and oxygen atoms in total. The third kappa shape index (κ3) is 5.55. The zero-order valence-electron chi connectivity index (χ0n) is 21.0. The van der Waals surface area contributed by atoms with Crippen molar-refractivity contribution in [3.05, 3.63) is 42.0 Å². The molecule has 5 rings (SSSR count). The van der Waals surface area contributed by atoms with Crippen LogP contribution in [-0.4, -0.2) is 57.1 Å². The van der Waals surface area contributed by atoms with Gasteiger partial charge in [-0.05, 0) is 55.6 Å². The van der Waals surface area contributed by atoms with E-state index in [0.29, 0.717) is 28.8 Å². The molecule has 2 aromatic heterocycles. The fraction of sp³-hybridized carbons (Fsp3) is 0.462. The summed E-state index contributed by atoms with van der Waals surface area (Å²) >= 11 is 0. The topological polar surface area (TPSA) is 152 Å². The number of hydrogen-bond acceptors (Lipinski definition) is 8. The normalized spacial score (nSPS) is 16.0. The van der Waals surface area contributed by atoms with Crippen LogP contribution in [-0.2, 0) is 9.53 Å². The highest BCUT2D eigenvalue weighted by atomic mass is 16.5. The zero-order valence-corrected chi connectivity index (χ0v) is 21.0. The van der Waals surface area contributed by atoms with Crippen LogP contribution in [0.4, 0.5) is 0 Å². The third-order valence-corrected chi connectivity index (χ3v) is 6.76. The summed E-state index contributed by atoms with van der Waals surface area (Å²) in [4.78, 5) is 46.0. The van der Waals surface area contributed by atoms with E-state index in [4.69, 9.17) is 9.15 Å². The number of nitrogens with zero attached hydrogens (tertiary/aromatic N) is 3. The average Bonchev–Trinajstić information content (AvgIpc) is 3.82. The SMILES string of the molecule is COC(=O)C(NC(=O)c1cnc(-c2cccc(-c3n[nH]c(C(=O)NC(C4CC4)C4CC4)n3)c2)o1)C(C)C. The van der Waals surface area contributed by atoms with E-state index in [1.54, 1.807) is 32.0 Å². The van der Waals surface area contributed by atoms with Gasteiger partial charge in [0.15, 0.2) is 5.82 Å². The molecule has 0 radical (unpaired) electrons. The van der Waals surface area contributed by atoms with E-state index in [9.17, 15) is 14.4 Å².